The molecule has 0 bridgehead atoms. The molecule has 1 heterocycles. The molecule has 1 aromatic rings. The summed E-state index contributed by atoms with van der Waals surface area (Å²) in [6, 6.07) is 3.65. The molecular formula is C15H25NO2. The van der Waals surface area contributed by atoms with Crippen molar-refractivity contribution in [2.45, 2.75) is 58.5 Å². The molecule has 0 saturated carbocycles. The van der Waals surface area contributed by atoms with Crippen LogP contribution in [-0.2, 0) is 6.61 Å². The molecule has 0 spiro atoms. The first kappa shape index (κ1) is 15.0. The fourth-order valence-electron chi connectivity index (χ4n) is 1.84. The first-order valence-electron chi connectivity index (χ1n) is 7.05. The van der Waals surface area contributed by atoms with Crippen LogP contribution in [0.15, 0.2) is 18.3 Å². The van der Waals surface area contributed by atoms with E-state index >= 15 is 0 Å². The lowest BCUT2D eigenvalue weighted by Gasteiger charge is -2.06. The molecule has 0 aliphatic rings. The first-order chi connectivity index (χ1) is 8.86. The number of hydrogen-bond acceptors (Lipinski definition) is 3. The maximum atomic E-state index is 8.86. The van der Waals surface area contributed by atoms with Crippen LogP contribution in [0.1, 0.15) is 57.6 Å². The summed E-state index contributed by atoms with van der Waals surface area (Å²) in [4.78, 5) is 4.07. The minimum absolute atomic E-state index is 0.0158. The van der Waals surface area contributed by atoms with Crippen molar-refractivity contribution in [1.82, 2.24) is 4.98 Å². The van der Waals surface area contributed by atoms with E-state index in [2.05, 4.69) is 11.9 Å². The lowest BCUT2D eigenvalue weighted by Crippen LogP contribution is -1.98. The highest BCUT2D eigenvalue weighted by Gasteiger charge is 1.96. The Morgan fingerprint density at radius 1 is 1.06 bits per heavy atom. The van der Waals surface area contributed by atoms with Crippen molar-refractivity contribution < 1.29 is 9.84 Å². The van der Waals surface area contributed by atoms with E-state index in [4.69, 9.17) is 9.84 Å². The molecule has 0 saturated heterocycles. The zero-order valence-electron chi connectivity index (χ0n) is 11.4. The number of hydrogen-bond donors (Lipinski definition) is 1. The predicted molar refractivity (Wildman–Crippen MR) is 73.6 cm³/mol. The van der Waals surface area contributed by atoms with E-state index in [1.165, 1.54) is 38.5 Å². The van der Waals surface area contributed by atoms with Gasteiger partial charge >= 0.3 is 0 Å². The Hall–Kier alpha value is -1.09. The van der Waals surface area contributed by atoms with Gasteiger partial charge in [-0.2, -0.15) is 0 Å². The highest BCUT2D eigenvalue weighted by atomic mass is 16.5. The van der Waals surface area contributed by atoms with Gasteiger partial charge in [0.05, 0.1) is 25.1 Å². The Balaban J connectivity index is 2.00. The Kier molecular flexibility index (Phi) is 8.23. The normalized spacial score (nSPS) is 10.6. The van der Waals surface area contributed by atoms with Gasteiger partial charge in [-0.05, 0) is 18.6 Å². The summed E-state index contributed by atoms with van der Waals surface area (Å²) in [6.45, 7) is 2.98. The monoisotopic (exact) mass is 251 g/mol. The van der Waals surface area contributed by atoms with E-state index in [9.17, 15) is 0 Å². The average Bonchev–Trinajstić information content (AvgIpc) is 2.42. The summed E-state index contributed by atoms with van der Waals surface area (Å²) in [7, 11) is 0. The highest BCUT2D eigenvalue weighted by molar-refractivity contribution is 5.19. The molecule has 0 radical (unpaired) electrons. The van der Waals surface area contributed by atoms with Crippen LogP contribution in [0.4, 0.5) is 0 Å². The van der Waals surface area contributed by atoms with E-state index in [0.717, 1.165) is 18.8 Å². The Morgan fingerprint density at radius 3 is 2.39 bits per heavy atom. The van der Waals surface area contributed by atoms with Gasteiger partial charge in [-0.15, -0.1) is 0 Å². The summed E-state index contributed by atoms with van der Waals surface area (Å²) in [5.41, 5.74) is 0.679. The zero-order chi connectivity index (χ0) is 13.1. The van der Waals surface area contributed by atoms with Crippen LogP contribution in [0.25, 0.3) is 0 Å². The third kappa shape index (κ3) is 6.60. The Labute approximate surface area is 110 Å². The molecule has 0 aromatic carbocycles. The number of rotatable bonds is 10. The predicted octanol–water partition coefficient (Wildman–Crippen LogP) is 3.70. The number of aliphatic hydroxyl groups excluding tert-OH is 1. The Morgan fingerprint density at radius 2 is 1.78 bits per heavy atom. The van der Waals surface area contributed by atoms with Gasteiger partial charge in [-0.3, -0.25) is 4.98 Å². The standard InChI is InChI=1S/C15H25NO2/c1-2-3-4-5-6-7-8-11-18-15-10-9-14(13-17)16-12-15/h9-10,12,17H,2-8,11,13H2,1H3. The number of pyridine rings is 1. The van der Waals surface area contributed by atoms with Crippen LogP contribution < -0.4 is 4.74 Å². The maximum Gasteiger partial charge on any atom is 0.137 e. The van der Waals surface area contributed by atoms with Gasteiger partial charge in [-0.1, -0.05) is 45.4 Å². The largest absolute Gasteiger partial charge is 0.492 e. The lowest BCUT2D eigenvalue weighted by atomic mass is 10.1. The molecule has 3 nitrogen and oxygen atoms in total. The molecule has 1 N–H and O–H groups in total. The SMILES string of the molecule is CCCCCCCCCOc1ccc(CO)nc1. The van der Waals surface area contributed by atoms with Crippen molar-refractivity contribution in [2.75, 3.05) is 6.61 Å². The van der Waals surface area contributed by atoms with E-state index in [1.54, 1.807) is 12.3 Å². The summed E-state index contributed by atoms with van der Waals surface area (Å²) in [6.07, 6.45) is 10.7. The summed E-state index contributed by atoms with van der Waals surface area (Å²) < 4.78 is 5.59. The smallest absolute Gasteiger partial charge is 0.137 e. The maximum absolute atomic E-state index is 8.86. The molecule has 0 aliphatic heterocycles. The minimum atomic E-state index is -0.0158. The second kappa shape index (κ2) is 9.89. The van der Waals surface area contributed by atoms with Gasteiger partial charge in [0.2, 0.25) is 0 Å². The van der Waals surface area contributed by atoms with Gasteiger partial charge in [0, 0.05) is 0 Å². The van der Waals surface area contributed by atoms with Crippen LogP contribution >= 0.6 is 0 Å². The first-order valence-corrected chi connectivity index (χ1v) is 7.05. The molecule has 0 unspecified atom stereocenters. The second-order valence-electron chi connectivity index (χ2n) is 4.61. The van der Waals surface area contributed by atoms with Crippen molar-refractivity contribution in [3.05, 3.63) is 24.0 Å². The van der Waals surface area contributed by atoms with Gasteiger partial charge in [0.1, 0.15) is 5.75 Å². The van der Waals surface area contributed by atoms with Crippen molar-refractivity contribution in [3.63, 3.8) is 0 Å². The highest BCUT2D eigenvalue weighted by Crippen LogP contribution is 2.11. The fourth-order valence-corrected chi connectivity index (χ4v) is 1.84. The minimum Gasteiger partial charge on any atom is -0.492 e. The number of aromatic nitrogens is 1. The third-order valence-electron chi connectivity index (χ3n) is 2.98. The lowest BCUT2D eigenvalue weighted by molar-refractivity contribution is 0.275. The van der Waals surface area contributed by atoms with Gasteiger partial charge in [0.25, 0.3) is 0 Å². The quantitative estimate of drug-likeness (QED) is 0.645. The zero-order valence-corrected chi connectivity index (χ0v) is 11.4. The van der Waals surface area contributed by atoms with Crippen molar-refractivity contribution in [1.29, 1.82) is 0 Å². The molecule has 18 heavy (non-hydrogen) atoms. The van der Waals surface area contributed by atoms with Crippen LogP contribution in [0.2, 0.25) is 0 Å². The summed E-state index contributed by atoms with van der Waals surface area (Å²) >= 11 is 0. The van der Waals surface area contributed by atoms with E-state index in [0.29, 0.717) is 5.69 Å². The van der Waals surface area contributed by atoms with Crippen molar-refractivity contribution >= 4 is 0 Å². The second-order valence-corrected chi connectivity index (χ2v) is 4.61. The van der Waals surface area contributed by atoms with E-state index < -0.39 is 0 Å². The molecular weight excluding hydrogens is 226 g/mol. The average molecular weight is 251 g/mol. The molecule has 1 rings (SSSR count). The van der Waals surface area contributed by atoms with Crippen molar-refractivity contribution in [2.24, 2.45) is 0 Å². The van der Waals surface area contributed by atoms with Crippen LogP contribution in [-0.4, -0.2) is 16.7 Å². The summed E-state index contributed by atoms with van der Waals surface area (Å²) in [5, 5.41) is 8.86. The van der Waals surface area contributed by atoms with Crippen LogP contribution in [0.3, 0.4) is 0 Å². The van der Waals surface area contributed by atoms with E-state index in [1.807, 2.05) is 6.07 Å². The topological polar surface area (TPSA) is 42.4 Å². The molecule has 0 atom stereocenters. The molecule has 0 aliphatic carbocycles. The van der Waals surface area contributed by atoms with Gasteiger partial charge in [-0.25, -0.2) is 0 Å². The number of ether oxygens (including phenoxy) is 1. The number of nitrogens with zero attached hydrogens (tertiary/aromatic N) is 1. The van der Waals surface area contributed by atoms with E-state index in [-0.39, 0.29) is 6.61 Å². The number of unbranched alkanes of at least 4 members (excludes halogenated alkanes) is 6. The van der Waals surface area contributed by atoms with Gasteiger partial charge in [0.15, 0.2) is 0 Å². The number of aliphatic hydroxyl groups is 1. The molecule has 0 fully saturated rings. The fraction of sp³-hybridized carbons (Fsp3) is 0.667. The van der Waals surface area contributed by atoms with Crippen molar-refractivity contribution in [3.8, 4) is 5.75 Å². The Bertz CT molecular complexity index is 298. The van der Waals surface area contributed by atoms with Gasteiger partial charge < -0.3 is 9.84 Å². The molecule has 102 valence electrons. The van der Waals surface area contributed by atoms with Crippen LogP contribution in [0.5, 0.6) is 5.75 Å². The van der Waals surface area contributed by atoms with Crippen LogP contribution in [0, 0.1) is 0 Å². The molecule has 3 heteroatoms. The summed E-state index contributed by atoms with van der Waals surface area (Å²) in [5.74, 6) is 0.790. The third-order valence-corrected chi connectivity index (χ3v) is 2.98. The molecule has 1 aromatic heterocycles. The molecule has 0 amide bonds.